The van der Waals surface area contributed by atoms with Crippen molar-refractivity contribution in [1.29, 1.82) is 0 Å². The summed E-state index contributed by atoms with van der Waals surface area (Å²) >= 11 is 0. The number of amides is 1. The zero-order chi connectivity index (χ0) is 17.1. The molecule has 1 amide bonds. The molecule has 1 rings (SSSR count). The average molecular weight is 316 g/mol. The first-order valence-electron chi connectivity index (χ1n) is 8.85. The lowest BCUT2D eigenvalue weighted by Gasteiger charge is -2.17. The first kappa shape index (κ1) is 19.4. The summed E-state index contributed by atoms with van der Waals surface area (Å²) in [4.78, 5) is 14.2. The molecule has 3 nitrogen and oxygen atoms in total. The monoisotopic (exact) mass is 316 g/mol. The third kappa shape index (κ3) is 7.98. The molecule has 0 unspecified atom stereocenters. The Kier molecular flexibility index (Phi) is 9.30. The van der Waals surface area contributed by atoms with E-state index in [9.17, 15) is 4.79 Å². The first-order chi connectivity index (χ1) is 11.1. The summed E-state index contributed by atoms with van der Waals surface area (Å²) in [6.45, 7) is 12.8. The standard InChI is InChI=1S/C20H32N2O/c1-5-22(6-2)16-8-7-15-21-20(23)14-11-18-9-12-19(13-10-18)17(3)4/h9-14,17H,5-8,15-16H2,1-4H3,(H,21,23)/b14-11+. The predicted octanol–water partition coefficient (Wildman–Crippen LogP) is 4.06. The maximum atomic E-state index is 11.8. The van der Waals surface area contributed by atoms with Gasteiger partial charge in [-0.25, -0.2) is 0 Å². The molecule has 1 aromatic rings. The Morgan fingerprint density at radius 1 is 1.13 bits per heavy atom. The van der Waals surface area contributed by atoms with E-state index in [1.54, 1.807) is 6.08 Å². The van der Waals surface area contributed by atoms with Gasteiger partial charge in [-0.2, -0.15) is 0 Å². The van der Waals surface area contributed by atoms with Crippen LogP contribution in [-0.2, 0) is 4.79 Å². The summed E-state index contributed by atoms with van der Waals surface area (Å²) < 4.78 is 0. The average Bonchev–Trinajstić information content (AvgIpc) is 2.56. The van der Waals surface area contributed by atoms with Crippen molar-refractivity contribution in [2.24, 2.45) is 0 Å². The third-order valence-corrected chi connectivity index (χ3v) is 4.13. The Balaban J connectivity index is 2.25. The van der Waals surface area contributed by atoms with Gasteiger partial charge in [0.25, 0.3) is 0 Å². The van der Waals surface area contributed by atoms with Crippen LogP contribution >= 0.6 is 0 Å². The highest BCUT2D eigenvalue weighted by Crippen LogP contribution is 2.15. The Bertz CT molecular complexity index is 473. The molecule has 0 saturated carbocycles. The third-order valence-electron chi connectivity index (χ3n) is 4.13. The molecule has 0 fully saturated rings. The maximum Gasteiger partial charge on any atom is 0.243 e. The predicted molar refractivity (Wildman–Crippen MR) is 99.6 cm³/mol. The van der Waals surface area contributed by atoms with Crippen LogP contribution < -0.4 is 5.32 Å². The van der Waals surface area contributed by atoms with Crippen LogP contribution in [0.4, 0.5) is 0 Å². The van der Waals surface area contributed by atoms with Crippen molar-refractivity contribution in [3.63, 3.8) is 0 Å². The van der Waals surface area contributed by atoms with E-state index in [4.69, 9.17) is 0 Å². The molecular weight excluding hydrogens is 284 g/mol. The number of rotatable bonds is 10. The minimum atomic E-state index is -0.0132. The Morgan fingerprint density at radius 3 is 2.35 bits per heavy atom. The highest BCUT2D eigenvalue weighted by Gasteiger charge is 2.00. The van der Waals surface area contributed by atoms with Crippen molar-refractivity contribution < 1.29 is 4.79 Å². The van der Waals surface area contributed by atoms with Crippen molar-refractivity contribution >= 4 is 12.0 Å². The fourth-order valence-corrected chi connectivity index (χ4v) is 2.43. The molecule has 0 aromatic heterocycles. The van der Waals surface area contributed by atoms with E-state index in [1.807, 2.05) is 6.08 Å². The number of carbonyl (C=O) groups excluding carboxylic acids is 1. The SMILES string of the molecule is CCN(CC)CCCCNC(=O)/C=C/c1ccc(C(C)C)cc1. The smallest absolute Gasteiger partial charge is 0.243 e. The number of carbonyl (C=O) groups is 1. The van der Waals surface area contributed by atoms with Gasteiger partial charge in [0.2, 0.25) is 5.91 Å². The molecule has 0 heterocycles. The minimum Gasteiger partial charge on any atom is -0.353 e. The van der Waals surface area contributed by atoms with E-state index in [2.05, 4.69) is 62.2 Å². The molecule has 0 aliphatic carbocycles. The summed E-state index contributed by atoms with van der Waals surface area (Å²) in [6.07, 6.45) is 5.64. The summed E-state index contributed by atoms with van der Waals surface area (Å²) in [5, 5.41) is 2.95. The van der Waals surface area contributed by atoms with E-state index >= 15 is 0 Å². The van der Waals surface area contributed by atoms with Crippen molar-refractivity contribution in [2.75, 3.05) is 26.2 Å². The quantitative estimate of drug-likeness (QED) is 0.521. The number of nitrogens with zero attached hydrogens (tertiary/aromatic N) is 1. The van der Waals surface area contributed by atoms with Gasteiger partial charge in [0.05, 0.1) is 0 Å². The number of unbranched alkanes of at least 4 members (excludes halogenated alkanes) is 1. The van der Waals surface area contributed by atoms with E-state index in [-0.39, 0.29) is 5.91 Å². The van der Waals surface area contributed by atoms with Crippen LogP contribution in [0, 0.1) is 0 Å². The second-order valence-electron chi connectivity index (χ2n) is 6.18. The molecule has 0 aliphatic rings. The number of hydrogen-bond acceptors (Lipinski definition) is 2. The molecule has 1 aromatic carbocycles. The summed E-state index contributed by atoms with van der Waals surface area (Å²) in [7, 11) is 0. The van der Waals surface area contributed by atoms with E-state index < -0.39 is 0 Å². The molecule has 0 aliphatic heterocycles. The topological polar surface area (TPSA) is 32.3 Å². The van der Waals surface area contributed by atoms with Crippen molar-refractivity contribution in [3.8, 4) is 0 Å². The molecule has 3 heteroatoms. The fraction of sp³-hybridized carbons (Fsp3) is 0.550. The number of benzene rings is 1. The zero-order valence-electron chi connectivity index (χ0n) is 15.1. The van der Waals surface area contributed by atoms with Gasteiger partial charge in [0.1, 0.15) is 0 Å². The van der Waals surface area contributed by atoms with Crippen molar-refractivity contribution in [3.05, 3.63) is 41.5 Å². The minimum absolute atomic E-state index is 0.0132. The van der Waals surface area contributed by atoms with Gasteiger partial charge in [0, 0.05) is 12.6 Å². The van der Waals surface area contributed by atoms with Crippen LogP contribution in [0.3, 0.4) is 0 Å². The van der Waals surface area contributed by atoms with Gasteiger partial charge in [-0.1, -0.05) is 52.0 Å². The maximum absolute atomic E-state index is 11.8. The van der Waals surface area contributed by atoms with Crippen LogP contribution in [0.15, 0.2) is 30.3 Å². The zero-order valence-corrected chi connectivity index (χ0v) is 15.1. The van der Waals surface area contributed by atoms with Crippen molar-refractivity contribution in [2.45, 2.75) is 46.5 Å². The van der Waals surface area contributed by atoms with Crippen LogP contribution in [0.25, 0.3) is 6.08 Å². The number of nitrogens with one attached hydrogen (secondary N) is 1. The summed E-state index contributed by atoms with van der Waals surface area (Å²) in [5.41, 5.74) is 2.38. The summed E-state index contributed by atoms with van der Waals surface area (Å²) in [5.74, 6) is 0.522. The van der Waals surface area contributed by atoms with Crippen LogP contribution in [0.5, 0.6) is 0 Å². The molecule has 0 spiro atoms. The molecule has 23 heavy (non-hydrogen) atoms. The van der Waals surface area contributed by atoms with E-state index in [0.29, 0.717) is 5.92 Å². The highest BCUT2D eigenvalue weighted by atomic mass is 16.1. The van der Waals surface area contributed by atoms with Gasteiger partial charge < -0.3 is 10.2 Å². The Hall–Kier alpha value is -1.61. The lowest BCUT2D eigenvalue weighted by atomic mass is 10.0. The first-order valence-corrected chi connectivity index (χ1v) is 8.85. The van der Waals surface area contributed by atoms with Gasteiger partial charge in [-0.3, -0.25) is 4.79 Å². The van der Waals surface area contributed by atoms with E-state index in [0.717, 1.165) is 44.6 Å². The van der Waals surface area contributed by atoms with Gasteiger partial charge in [-0.05, 0) is 55.6 Å². The van der Waals surface area contributed by atoms with Gasteiger partial charge in [-0.15, -0.1) is 0 Å². The molecule has 0 saturated heterocycles. The molecule has 1 N–H and O–H groups in total. The van der Waals surface area contributed by atoms with Gasteiger partial charge in [0.15, 0.2) is 0 Å². The van der Waals surface area contributed by atoms with Crippen LogP contribution in [0.1, 0.15) is 57.6 Å². The molecule has 0 bridgehead atoms. The second-order valence-corrected chi connectivity index (χ2v) is 6.18. The van der Waals surface area contributed by atoms with E-state index in [1.165, 1.54) is 5.56 Å². The molecule has 0 radical (unpaired) electrons. The van der Waals surface area contributed by atoms with Crippen molar-refractivity contribution in [1.82, 2.24) is 10.2 Å². The largest absolute Gasteiger partial charge is 0.353 e. The number of hydrogen-bond donors (Lipinski definition) is 1. The lowest BCUT2D eigenvalue weighted by Crippen LogP contribution is -2.26. The molecule has 0 atom stereocenters. The van der Waals surface area contributed by atoms with Gasteiger partial charge >= 0.3 is 0 Å². The second kappa shape index (κ2) is 11.0. The highest BCUT2D eigenvalue weighted by molar-refractivity contribution is 5.91. The fourth-order valence-electron chi connectivity index (χ4n) is 2.43. The Labute approximate surface area is 141 Å². The lowest BCUT2D eigenvalue weighted by molar-refractivity contribution is -0.116. The summed E-state index contributed by atoms with van der Waals surface area (Å²) in [6, 6.07) is 8.36. The Morgan fingerprint density at radius 2 is 1.78 bits per heavy atom. The normalized spacial score (nSPS) is 11.6. The molecular formula is C20H32N2O. The molecule has 128 valence electrons. The van der Waals surface area contributed by atoms with Crippen LogP contribution in [0.2, 0.25) is 0 Å². The van der Waals surface area contributed by atoms with Crippen LogP contribution in [-0.4, -0.2) is 37.0 Å².